The molecule has 1 fully saturated rings. The molecule has 0 atom stereocenters. The first-order valence-corrected chi connectivity index (χ1v) is 7.49. The van der Waals surface area contributed by atoms with E-state index in [9.17, 15) is 19.5 Å². The number of rotatable bonds is 2. The molecule has 0 aliphatic carbocycles. The van der Waals surface area contributed by atoms with Crippen LogP contribution in [0.15, 0.2) is 22.5 Å². The third-order valence-electron chi connectivity index (χ3n) is 3.50. The van der Waals surface area contributed by atoms with Crippen LogP contribution in [-0.2, 0) is 16.6 Å². The molecule has 0 saturated carbocycles. The van der Waals surface area contributed by atoms with E-state index < -0.39 is 17.4 Å². The molecule has 1 aromatic rings. The molecule has 126 valence electrons. The van der Waals surface area contributed by atoms with Gasteiger partial charge in [-0.25, -0.2) is 0 Å². The Morgan fingerprint density at radius 3 is 2.12 bits per heavy atom. The minimum Gasteiger partial charge on any atom is -0.494 e. The molecule has 1 aliphatic rings. The van der Waals surface area contributed by atoms with Crippen molar-refractivity contribution in [3.05, 3.63) is 38.4 Å². The fourth-order valence-corrected chi connectivity index (χ4v) is 2.36. The van der Waals surface area contributed by atoms with Gasteiger partial charge in [0, 0.05) is 21.1 Å². The standard InChI is InChI=1S/C14H14N4O4S2/c1-16-10(20)7(9(19)15-13(16)23)5-4-6-8-11(21)17(2)14(24)18(3)12(8)22/h4-6,20H,1-3H3,(H,15,19,23)/b5-4+. The maximum absolute atomic E-state index is 12.1. The van der Waals surface area contributed by atoms with Crippen LogP contribution in [0, 0.1) is 4.77 Å². The van der Waals surface area contributed by atoms with E-state index in [1.807, 2.05) is 0 Å². The summed E-state index contributed by atoms with van der Waals surface area (Å²) >= 11 is 9.85. The summed E-state index contributed by atoms with van der Waals surface area (Å²) in [4.78, 5) is 40.8. The van der Waals surface area contributed by atoms with Gasteiger partial charge in [-0.1, -0.05) is 6.08 Å². The number of allylic oxidation sites excluding steroid dienone is 2. The number of carbonyl (C=O) groups excluding carboxylic acids is 2. The minimum atomic E-state index is -0.582. The quantitative estimate of drug-likeness (QED) is 0.444. The SMILES string of the molecule is CN1C(=O)C(=C/C=C/c2c(O)n(C)c(=S)[nH]c2=O)C(=O)N(C)C1=S. The number of amides is 2. The van der Waals surface area contributed by atoms with E-state index in [1.54, 1.807) is 0 Å². The number of hydrogen-bond donors (Lipinski definition) is 2. The Labute approximate surface area is 147 Å². The molecule has 10 heteroatoms. The zero-order chi connectivity index (χ0) is 18.2. The average Bonchev–Trinajstić information content (AvgIpc) is 2.55. The van der Waals surface area contributed by atoms with E-state index in [1.165, 1.54) is 53.7 Å². The predicted molar refractivity (Wildman–Crippen MR) is 93.8 cm³/mol. The predicted octanol–water partition coefficient (Wildman–Crippen LogP) is 0.303. The Balaban J connectivity index is 2.42. The number of H-pyrrole nitrogens is 1. The number of carbonyl (C=O) groups is 2. The Hall–Kier alpha value is -2.59. The first kappa shape index (κ1) is 17.8. The summed E-state index contributed by atoms with van der Waals surface area (Å²) in [5.74, 6) is -1.41. The van der Waals surface area contributed by atoms with Crippen LogP contribution in [-0.4, -0.2) is 55.5 Å². The second-order valence-electron chi connectivity index (χ2n) is 5.01. The molecular weight excluding hydrogens is 352 g/mol. The first-order chi connectivity index (χ1) is 11.2. The van der Waals surface area contributed by atoms with Crippen molar-refractivity contribution in [2.24, 2.45) is 7.05 Å². The smallest absolute Gasteiger partial charge is 0.265 e. The number of aromatic hydroxyl groups is 1. The minimum absolute atomic E-state index is 0.0455. The summed E-state index contributed by atoms with van der Waals surface area (Å²) < 4.78 is 1.29. The van der Waals surface area contributed by atoms with Crippen LogP contribution in [0.25, 0.3) is 6.08 Å². The molecule has 1 aromatic heterocycles. The highest BCUT2D eigenvalue weighted by Crippen LogP contribution is 2.16. The van der Waals surface area contributed by atoms with E-state index in [-0.39, 0.29) is 26.9 Å². The second kappa shape index (κ2) is 6.49. The Kier molecular flexibility index (Phi) is 4.81. The first-order valence-electron chi connectivity index (χ1n) is 6.67. The highest BCUT2D eigenvalue weighted by atomic mass is 32.1. The fourth-order valence-electron chi connectivity index (χ4n) is 2.01. The maximum Gasteiger partial charge on any atom is 0.265 e. The van der Waals surface area contributed by atoms with Crippen LogP contribution in [0.5, 0.6) is 5.88 Å². The van der Waals surface area contributed by atoms with Crippen molar-refractivity contribution < 1.29 is 14.7 Å². The summed E-state index contributed by atoms with van der Waals surface area (Å²) in [5.41, 5.74) is -0.733. The molecule has 1 aliphatic heterocycles. The van der Waals surface area contributed by atoms with Crippen LogP contribution in [0.3, 0.4) is 0 Å². The number of thiocarbonyl (C=S) groups is 1. The molecule has 2 amide bonds. The van der Waals surface area contributed by atoms with E-state index in [2.05, 4.69) is 4.98 Å². The van der Waals surface area contributed by atoms with Crippen LogP contribution in [0.2, 0.25) is 0 Å². The Bertz CT molecular complexity index is 900. The normalized spacial score (nSPS) is 15.6. The third kappa shape index (κ3) is 2.93. The largest absolute Gasteiger partial charge is 0.494 e. The molecule has 0 radical (unpaired) electrons. The lowest BCUT2D eigenvalue weighted by molar-refractivity contribution is -0.132. The molecule has 2 heterocycles. The van der Waals surface area contributed by atoms with Gasteiger partial charge in [0.25, 0.3) is 17.4 Å². The van der Waals surface area contributed by atoms with Gasteiger partial charge in [-0.05, 0) is 36.6 Å². The number of aromatic amines is 1. The highest BCUT2D eigenvalue weighted by molar-refractivity contribution is 7.80. The zero-order valence-corrected chi connectivity index (χ0v) is 14.7. The molecule has 0 spiro atoms. The summed E-state index contributed by atoms with van der Waals surface area (Å²) in [6, 6.07) is 0. The van der Waals surface area contributed by atoms with Crippen molar-refractivity contribution in [3.8, 4) is 5.88 Å². The second-order valence-corrected chi connectivity index (χ2v) is 5.76. The van der Waals surface area contributed by atoms with E-state index >= 15 is 0 Å². The topological polar surface area (TPSA) is 98.6 Å². The van der Waals surface area contributed by atoms with Crippen molar-refractivity contribution in [1.82, 2.24) is 19.4 Å². The summed E-state index contributed by atoms with van der Waals surface area (Å²) in [6.45, 7) is 0. The lowest BCUT2D eigenvalue weighted by Gasteiger charge is -2.31. The van der Waals surface area contributed by atoms with Crippen molar-refractivity contribution in [3.63, 3.8) is 0 Å². The average molecular weight is 366 g/mol. The molecular formula is C14H14N4O4S2. The van der Waals surface area contributed by atoms with Crippen molar-refractivity contribution in [2.45, 2.75) is 0 Å². The molecule has 2 N–H and O–H groups in total. The summed E-state index contributed by atoms with van der Waals surface area (Å²) in [6.07, 6.45) is 3.87. The van der Waals surface area contributed by atoms with Crippen molar-refractivity contribution in [1.29, 1.82) is 0 Å². The monoisotopic (exact) mass is 366 g/mol. The summed E-state index contributed by atoms with van der Waals surface area (Å²) in [5, 5.41) is 10.1. The van der Waals surface area contributed by atoms with Crippen molar-refractivity contribution in [2.75, 3.05) is 14.1 Å². The van der Waals surface area contributed by atoms with E-state index in [4.69, 9.17) is 24.4 Å². The fraction of sp³-hybridized carbons (Fsp3) is 0.214. The lowest BCUT2D eigenvalue weighted by atomic mass is 10.1. The zero-order valence-electron chi connectivity index (χ0n) is 13.1. The molecule has 2 rings (SSSR count). The van der Waals surface area contributed by atoms with Gasteiger partial charge in [0.1, 0.15) is 5.57 Å². The van der Waals surface area contributed by atoms with Gasteiger partial charge in [-0.15, -0.1) is 0 Å². The van der Waals surface area contributed by atoms with Gasteiger partial charge in [0.05, 0.1) is 5.56 Å². The molecule has 8 nitrogen and oxygen atoms in total. The number of hydrogen-bond acceptors (Lipinski definition) is 6. The molecule has 24 heavy (non-hydrogen) atoms. The van der Waals surface area contributed by atoms with Gasteiger partial charge in [-0.2, -0.15) is 0 Å². The highest BCUT2D eigenvalue weighted by Gasteiger charge is 2.34. The van der Waals surface area contributed by atoms with Gasteiger partial charge in [0.15, 0.2) is 9.88 Å². The molecule has 1 saturated heterocycles. The Morgan fingerprint density at radius 2 is 1.58 bits per heavy atom. The third-order valence-corrected chi connectivity index (χ3v) is 4.42. The van der Waals surface area contributed by atoms with Gasteiger partial charge in [0.2, 0.25) is 5.88 Å². The van der Waals surface area contributed by atoms with Crippen LogP contribution >= 0.6 is 24.4 Å². The van der Waals surface area contributed by atoms with Gasteiger partial charge >= 0.3 is 0 Å². The number of likely N-dealkylation sites (N-methyl/N-ethyl adjacent to an activating group) is 2. The number of aromatic nitrogens is 2. The van der Waals surface area contributed by atoms with Crippen LogP contribution < -0.4 is 5.56 Å². The molecule has 0 bridgehead atoms. The van der Waals surface area contributed by atoms with E-state index in [0.717, 1.165) is 0 Å². The molecule has 0 unspecified atom stereocenters. The van der Waals surface area contributed by atoms with E-state index in [0.29, 0.717) is 0 Å². The summed E-state index contributed by atoms with van der Waals surface area (Å²) in [7, 11) is 4.41. The number of nitrogens with zero attached hydrogens (tertiary/aromatic N) is 3. The maximum atomic E-state index is 12.1. The van der Waals surface area contributed by atoms with Crippen LogP contribution in [0.1, 0.15) is 5.56 Å². The molecule has 0 aromatic carbocycles. The lowest BCUT2D eigenvalue weighted by Crippen LogP contribution is -2.52. The van der Waals surface area contributed by atoms with Crippen LogP contribution in [0.4, 0.5) is 0 Å². The van der Waals surface area contributed by atoms with Gasteiger partial charge in [-0.3, -0.25) is 33.7 Å². The number of nitrogens with one attached hydrogen (secondary N) is 1. The van der Waals surface area contributed by atoms with Crippen molar-refractivity contribution >= 4 is 47.4 Å². The van der Waals surface area contributed by atoms with Gasteiger partial charge < -0.3 is 5.11 Å². The Morgan fingerprint density at radius 1 is 1.04 bits per heavy atom.